The van der Waals surface area contributed by atoms with E-state index in [1.807, 2.05) is 0 Å². The molecule has 0 unspecified atom stereocenters. The molecular weight excluding hydrogens is 564 g/mol. The number of nitrogens with zero attached hydrogens (tertiary/aromatic N) is 2. The third kappa shape index (κ3) is 8.01. The largest absolute Gasteiger partial charge is 0.395 e. The molecule has 2 rings (SSSR count). The lowest BCUT2D eigenvalue weighted by atomic mass is 9.85. The number of carbonyl (C=O) groups excluding carboxylic acids is 4. The molecule has 4 amide bonds. The Balaban J connectivity index is 3.20. The molecular formula is C24H28N6O12. The summed E-state index contributed by atoms with van der Waals surface area (Å²) in [6.45, 7) is -3.60. The highest BCUT2D eigenvalue weighted by atomic mass is 16.6. The fourth-order valence-electron chi connectivity index (χ4n) is 3.78. The molecule has 0 aliphatic carbocycles. The van der Waals surface area contributed by atoms with Crippen molar-refractivity contribution in [1.29, 1.82) is 0 Å². The zero-order valence-electron chi connectivity index (χ0n) is 21.9. The third-order valence-corrected chi connectivity index (χ3v) is 5.49. The number of non-ortho nitro benzene ring substituents is 2. The van der Waals surface area contributed by atoms with Gasteiger partial charge in [0.15, 0.2) is 0 Å². The van der Waals surface area contributed by atoms with E-state index in [9.17, 15) is 59.8 Å². The van der Waals surface area contributed by atoms with Gasteiger partial charge in [0.05, 0.1) is 58.5 Å². The second-order valence-corrected chi connectivity index (χ2v) is 8.26. The predicted molar refractivity (Wildman–Crippen MR) is 143 cm³/mol. The van der Waals surface area contributed by atoms with Crippen molar-refractivity contribution in [3.05, 3.63) is 66.7 Å². The van der Waals surface area contributed by atoms with E-state index in [2.05, 4.69) is 21.3 Å². The molecule has 0 radical (unpaired) electrons. The molecule has 0 fully saturated rings. The summed E-state index contributed by atoms with van der Waals surface area (Å²) in [5.41, 5.74) is -5.04. The second-order valence-electron chi connectivity index (χ2n) is 8.26. The van der Waals surface area contributed by atoms with E-state index >= 15 is 0 Å². The number of aliphatic hydroxyl groups excluding tert-OH is 4. The molecule has 0 aromatic heterocycles. The Morgan fingerprint density at radius 3 is 0.905 bits per heavy atom. The van der Waals surface area contributed by atoms with Crippen molar-refractivity contribution < 1.29 is 49.5 Å². The van der Waals surface area contributed by atoms with Crippen molar-refractivity contribution in [3.63, 3.8) is 0 Å². The summed E-state index contributed by atoms with van der Waals surface area (Å²) in [5, 5.41) is 69.3. The summed E-state index contributed by atoms with van der Waals surface area (Å²) in [6, 6.07) is 2.99. The van der Waals surface area contributed by atoms with E-state index in [0.29, 0.717) is 0 Å². The zero-order chi connectivity index (χ0) is 31.4. The van der Waals surface area contributed by atoms with Crippen LogP contribution in [0.2, 0.25) is 0 Å². The van der Waals surface area contributed by atoms with Crippen molar-refractivity contribution in [1.82, 2.24) is 21.3 Å². The van der Waals surface area contributed by atoms with Crippen LogP contribution in [0.1, 0.15) is 41.4 Å². The number of nitro groups is 2. The van der Waals surface area contributed by atoms with Gasteiger partial charge < -0.3 is 41.7 Å². The van der Waals surface area contributed by atoms with Crippen LogP contribution in [-0.4, -0.2) is 107 Å². The zero-order valence-corrected chi connectivity index (χ0v) is 21.9. The highest BCUT2D eigenvalue weighted by Gasteiger charge is 2.33. The van der Waals surface area contributed by atoms with E-state index in [4.69, 9.17) is 0 Å². The summed E-state index contributed by atoms with van der Waals surface area (Å²) in [7, 11) is 0. The SMILES string of the molecule is O=C(NCCO)c1cc([N+](=O)[O-])cc(C(=O)NCCO)c1-c1c(C(=O)NCCO)cc([N+](=O)[O-])cc1C(=O)NCCO. The number of nitrogens with one attached hydrogen (secondary N) is 4. The quantitative estimate of drug-likeness (QED) is 0.0828. The van der Waals surface area contributed by atoms with E-state index in [1.165, 1.54) is 0 Å². The fraction of sp³-hybridized carbons (Fsp3) is 0.333. The van der Waals surface area contributed by atoms with Crippen molar-refractivity contribution in [2.24, 2.45) is 0 Å². The van der Waals surface area contributed by atoms with Gasteiger partial charge in [-0.1, -0.05) is 0 Å². The van der Waals surface area contributed by atoms with Crippen LogP contribution >= 0.6 is 0 Å². The van der Waals surface area contributed by atoms with Gasteiger partial charge in [-0.2, -0.15) is 0 Å². The number of hydrogen-bond donors (Lipinski definition) is 8. The normalized spacial score (nSPS) is 10.5. The van der Waals surface area contributed by atoms with Crippen molar-refractivity contribution in [2.45, 2.75) is 0 Å². The molecule has 226 valence electrons. The lowest BCUT2D eigenvalue weighted by Crippen LogP contribution is -2.32. The van der Waals surface area contributed by atoms with Gasteiger partial charge in [0.25, 0.3) is 35.0 Å². The van der Waals surface area contributed by atoms with Crippen LogP contribution in [0.5, 0.6) is 0 Å². The van der Waals surface area contributed by atoms with Crippen molar-refractivity contribution in [2.75, 3.05) is 52.6 Å². The Kier molecular flexibility index (Phi) is 12.4. The molecule has 2 aromatic carbocycles. The maximum absolute atomic E-state index is 13.3. The van der Waals surface area contributed by atoms with Crippen molar-refractivity contribution in [3.8, 4) is 11.1 Å². The Hall–Kier alpha value is -5.04. The standard InChI is InChI=1S/C24H28N6O12/c31-5-1-25-21(35)15-9-13(29(39)40)10-16(22(36)26-2-6-32)19(15)20-17(23(37)27-3-7-33)11-14(30(41)42)12-18(20)24(38)28-4-8-34/h9-12,31-34H,1-8H2,(H,25,35)(H,26,36)(H,27,37)(H,28,38). The summed E-state index contributed by atoms with van der Waals surface area (Å²) < 4.78 is 0. The lowest BCUT2D eigenvalue weighted by molar-refractivity contribution is -0.385. The van der Waals surface area contributed by atoms with Gasteiger partial charge in [-0.3, -0.25) is 39.4 Å². The molecule has 0 atom stereocenters. The highest BCUT2D eigenvalue weighted by molar-refractivity contribution is 6.17. The Morgan fingerprint density at radius 2 is 0.738 bits per heavy atom. The van der Waals surface area contributed by atoms with Crippen LogP contribution in [0.15, 0.2) is 24.3 Å². The Bertz CT molecular complexity index is 1190. The first-order valence-electron chi connectivity index (χ1n) is 12.2. The van der Waals surface area contributed by atoms with Gasteiger partial charge in [0.1, 0.15) is 0 Å². The van der Waals surface area contributed by atoms with E-state index in [0.717, 1.165) is 24.3 Å². The Labute approximate surface area is 236 Å². The lowest BCUT2D eigenvalue weighted by Gasteiger charge is -2.20. The second kappa shape index (κ2) is 15.7. The van der Waals surface area contributed by atoms with Crippen molar-refractivity contribution >= 4 is 35.0 Å². The highest BCUT2D eigenvalue weighted by Crippen LogP contribution is 2.38. The Morgan fingerprint density at radius 1 is 0.524 bits per heavy atom. The summed E-state index contributed by atoms with van der Waals surface area (Å²) in [4.78, 5) is 74.6. The number of benzene rings is 2. The summed E-state index contributed by atoms with van der Waals surface area (Å²) in [6.07, 6.45) is 0. The monoisotopic (exact) mass is 592 g/mol. The van der Waals surface area contributed by atoms with Gasteiger partial charge in [-0.05, 0) is 0 Å². The molecule has 42 heavy (non-hydrogen) atoms. The molecule has 0 saturated heterocycles. The van der Waals surface area contributed by atoms with Crippen LogP contribution in [-0.2, 0) is 0 Å². The molecule has 8 N–H and O–H groups in total. The van der Waals surface area contributed by atoms with Crippen LogP contribution in [0.4, 0.5) is 11.4 Å². The molecule has 0 saturated carbocycles. The molecule has 18 heteroatoms. The summed E-state index contributed by atoms with van der Waals surface area (Å²) >= 11 is 0. The van der Waals surface area contributed by atoms with E-state index in [-0.39, 0.29) is 26.2 Å². The smallest absolute Gasteiger partial charge is 0.271 e. The van der Waals surface area contributed by atoms with E-state index < -0.39 is 105 Å². The van der Waals surface area contributed by atoms with Gasteiger partial charge in [0.2, 0.25) is 0 Å². The first-order chi connectivity index (χ1) is 20.0. The summed E-state index contributed by atoms with van der Waals surface area (Å²) in [5.74, 6) is -4.33. The fourth-order valence-corrected chi connectivity index (χ4v) is 3.78. The first-order valence-corrected chi connectivity index (χ1v) is 12.2. The average molecular weight is 593 g/mol. The molecule has 0 aliphatic heterocycles. The minimum absolute atomic E-state index is 0.346. The van der Waals surface area contributed by atoms with Gasteiger partial charge in [-0.15, -0.1) is 0 Å². The predicted octanol–water partition coefficient (Wildman–Crippen LogP) is -1.94. The number of aliphatic hydroxyl groups is 4. The number of hydrogen-bond acceptors (Lipinski definition) is 12. The van der Waals surface area contributed by atoms with Gasteiger partial charge in [-0.25, -0.2) is 0 Å². The maximum atomic E-state index is 13.3. The first kappa shape index (κ1) is 33.2. The maximum Gasteiger partial charge on any atom is 0.271 e. The van der Waals surface area contributed by atoms with Gasteiger partial charge in [0, 0.05) is 61.6 Å². The minimum atomic E-state index is -1.08. The number of nitro benzene ring substituents is 2. The number of rotatable bonds is 15. The average Bonchev–Trinajstić information content (AvgIpc) is 2.98. The molecule has 18 nitrogen and oxygen atoms in total. The van der Waals surface area contributed by atoms with E-state index in [1.54, 1.807) is 0 Å². The molecule has 0 spiro atoms. The van der Waals surface area contributed by atoms with Crippen LogP contribution in [0.25, 0.3) is 11.1 Å². The van der Waals surface area contributed by atoms with Crippen LogP contribution in [0, 0.1) is 20.2 Å². The van der Waals surface area contributed by atoms with Gasteiger partial charge >= 0.3 is 0 Å². The van der Waals surface area contributed by atoms with Crippen LogP contribution in [0.3, 0.4) is 0 Å². The molecule has 2 aromatic rings. The number of carbonyl (C=O) groups is 4. The molecule has 0 aliphatic rings. The minimum Gasteiger partial charge on any atom is -0.395 e. The topological polar surface area (TPSA) is 284 Å². The molecule has 0 heterocycles. The molecule has 0 bridgehead atoms. The van der Waals surface area contributed by atoms with Crippen LogP contribution < -0.4 is 21.3 Å². The third-order valence-electron chi connectivity index (χ3n) is 5.49. The number of amides is 4.